The van der Waals surface area contributed by atoms with E-state index in [1.54, 1.807) is 0 Å². The summed E-state index contributed by atoms with van der Waals surface area (Å²) in [4.78, 5) is 0. The number of halogens is 1. The first-order valence-corrected chi connectivity index (χ1v) is 7.31. The maximum Gasteiger partial charge on any atom is 0.0738 e. The van der Waals surface area contributed by atoms with Crippen LogP contribution in [0.2, 0.25) is 0 Å². The summed E-state index contributed by atoms with van der Waals surface area (Å²) in [6, 6.07) is 0.250. The van der Waals surface area contributed by atoms with E-state index in [1.807, 2.05) is 6.92 Å². The van der Waals surface area contributed by atoms with Gasteiger partial charge in [-0.3, -0.25) is 4.68 Å². The Kier molecular flexibility index (Phi) is 3.93. The zero-order chi connectivity index (χ0) is 12.6. The van der Waals surface area contributed by atoms with Crippen LogP contribution in [0.3, 0.4) is 0 Å². The van der Waals surface area contributed by atoms with Gasteiger partial charge in [-0.2, -0.15) is 5.10 Å². The van der Waals surface area contributed by atoms with Crippen LogP contribution < -0.4 is 5.73 Å². The van der Waals surface area contributed by atoms with Gasteiger partial charge in [-0.25, -0.2) is 0 Å². The fourth-order valence-electron chi connectivity index (χ4n) is 2.44. The van der Waals surface area contributed by atoms with Crippen molar-refractivity contribution in [1.29, 1.82) is 0 Å². The largest absolute Gasteiger partial charge is 0.327 e. The molecule has 1 aliphatic rings. The van der Waals surface area contributed by atoms with E-state index in [0.717, 1.165) is 29.1 Å². The van der Waals surface area contributed by atoms with Crippen LogP contribution in [0.4, 0.5) is 0 Å². The first kappa shape index (κ1) is 13.1. The second-order valence-electron chi connectivity index (χ2n) is 5.23. The van der Waals surface area contributed by atoms with Crippen LogP contribution in [0.25, 0.3) is 0 Å². The van der Waals surface area contributed by atoms with Gasteiger partial charge in [0.05, 0.1) is 15.9 Å². The summed E-state index contributed by atoms with van der Waals surface area (Å²) in [5.41, 5.74) is 8.65. The topological polar surface area (TPSA) is 43.8 Å². The molecule has 0 bridgehead atoms. The van der Waals surface area contributed by atoms with E-state index in [9.17, 15) is 0 Å². The van der Waals surface area contributed by atoms with Gasteiger partial charge in [0.15, 0.2) is 0 Å². The molecule has 17 heavy (non-hydrogen) atoms. The molecule has 0 amide bonds. The fourth-order valence-corrected chi connectivity index (χ4v) is 2.89. The van der Waals surface area contributed by atoms with Crippen molar-refractivity contribution in [3.63, 3.8) is 0 Å². The maximum atomic E-state index is 6.33. The van der Waals surface area contributed by atoms with Crippen molar-refractivity contribution >= 4 is 15.9 Å². The Bertz CT molecular complexity index is 396. The molecule has 2 atom stereocenters. The van der Waals surface area contributed by atoms with Crippen LogP contribution in [-0.2, 0) is 13.0 Å². The molecule has 2 N–H and O–H groups in total. The van der Waals surface area contributed by atoms with Gasteiger partial charge in [0.2, 0.25) is 0 Å². The van der Waals surface area contributed by atoms with Crippen molar-refractivity contribution in [3.8, 4) is 0 Å². The van der Waals surface area contributed by atoms with Crippen molar-refractivity contribution in [3.05, 3.63) is 15.9 Å². The first-order chi connectivity index (χ1) is 8.04. The number of rotatable bonds is 5. The van der Waals surface area contributed by atoms with Crippen LogP contribution in [0, 0.1) is 18.8 Å². The number of hydrogen-bond acceptors (Lipinski definition) is 2. The quantitative estimate of drug-likeness (QED) is 0.908. The molecule has 0 saturated heterocycles. The Morgan fingerprint density at radius 1 is 1.53 bits per heavy atom. The van der Waals surface area contributed by atoms with Crippen molar-refractivity contribution in [1.82, 2.24) is 9.78 Å². The van der Waals surface area contributed by atoms with E-state index < -0.39 is 0 Å². The molecule has 0 radical (unpaired) electrons. The molecular formula is C13H22BrN3. The van der Waals surface area contributed by atoms with Crippen LogP contribution in [0.1, 0.15) is 38.1 Å². The summed E-state index contributed by atoms with van der Waals surface area (Å²) in [5.74, 6) is 1.49. The van der Waals surface area contributed by atoms with E-state index >= 15 is 0 Å². The lowest BCUT2D eigenvalue weighted by atomic mass is 9.94. The van der Waals surface area contributed by atoms with E-state index in [-0.39, 0.29) is 6.04 Å². The van der Waals surface area contributed by atoms with E-state index in [1.165, 1.54) is 18.5 Å². The molecule has 2 unspecified atom stereocenters. The maximum absolute atomic E-state index is 6.33. The minimum atomic E-state index is 0.250. The normalized spacial score (nSPS) is 19.4. The van der Waals surface area contributed by atoms with Crippen LogP contribution in [0.5, 0.6) is 0 Å². The molecule has 4 heteroatoms. The highest BCUT2D eigenvalue weighted by Gasteiger charge is 2.32. The molecule has 1 aliphatic carbocycles. The van der Waals surface area contributed by atoms with Gasteiger partial charge >= 0.3 is 0 Å². The molecule has 0 spiro atoms. The van der Waals surface area contributed by atoms with Gasteiger partial charge in [0.1, 0.15) is 0 Å². The molecular weight excluding hydrogens is 278 g/mol. The van der Waals surface area contributed by atoms with Gasteiger partial charge in [-0.15, -0.1) is 0 Å². The van der Waals surface area contributed by atoms with E-state index in [4.69, 9.17) is 5.73 Å². The lowest BCUT2D eigenvalue weighted by Gasteiger charge is -2.20. The third kappa shape index (κ3) is 2.74. The summed E-state index contributed by atoms with van der Waals surface area (Å²) in [7, 11) is 0. The predicted molar refractivity (Wildman–Crippen MR) is 73.9 cm³/mol. The van der Waals surface area contributed by atoms with Crippen molar-refractivity contribution in [2.75, 3.05) is 0 Å². The first-order valence-electron chi connectivity index (χ1n) is 6.52. The summed E-state index contributed by atoms with van der Waals surface area (Å²) >= 11 is 3.63. The average molecular weight is 300 g/mol. The predicted octanol–water partition coefficient (Wildman–Crippen LogP) is 2.89. The molecule has 0 aliphatic heterocycles. The number of aromatic nitrogens is 2. The van der Waals surface area contributed by atoms with E-state index in [2.05, 4.69) is 39.6 Å². The molecule has 2 rings (SSSR count). The summed E-state index contributed by atoms with van der Waals surface area (Å²) in [5, 5.41) is 4.52. The van der Waals surface area contributed by atoms with Crippen molar-refractivity contribution < 1.29 is 0 Å². The third-order valence-corrected chi connectivity index (χ3v) is 4.95. The molecule has 1 aromatic heterocycles. The molecule has 3 nitrogen and oxygen atoms in total. The minimum absolute atomic E-state index is 0.250. The van der Waals surface area contributed by atoms with Gasteiger partial charge in [0.25, 0.3) is 0 Å². The van der Waals surface area contributed by atoms with Crippen molar-refractivity contribution in [2.45, 2.75) is 52.6 Å². The van der Waals surface area contributed by atoms with Gasteiger partial charge < -0.3 is 5.73 Å². The highest BCUT2D eigenvalue weighted by Crippen LogP contribution is 2.38. The Morgan fingerprint density at radius 3 is 2.71 bits per heavy atom. The van der Waals surface area contributed by atoms with Gasteiger partial charge in [-0.1, -0.05) is 6.92 Å². The number of nitrogens with zero attached hydrogens (tertiary/aromatic N) is 2. The molecule has 1 fully saturated rings. The zero-order valence-electron chi connectivity index (χ0n) is 10.9. The standard InChI is InChI=1S/C13H22BrN3/c1-4-17-12(13(14)9(3)16-17)7-11(15)8(2)10-5-6-10/h8,10-11H,4-7,15H2,1-3H3. The zero-order valence-corrected chi connectivity index (χ0v) is 12.5. The lowest BCUT2D eigenvalue weighted by molar-refractivity contribution is 0.395. The number of nitrogens with two attached hydrogens (primary N) is 1. The Balaban J connectivity index is 2.11. The minimum Gasteiger partial charge on any atom is -0.327 e. The molecule has 1 aromatic rings. The Labute approximate surface area is 112 Å². The van der Waals surface area contributed by atoms with Crippen LogP contribution in [0.15, 0.2) is 4.47 Å². The van der Waals surface area contributed by atoms with Crippen LogP contribution >= 0.6 is 15.9 Å². The van der Waals surface area contributed by atoms with Gasteiger partial charge in [-0.05, 0) is 54.5 Å². The highest BCUT2D eigenvalue weighted by atomic mass is 79.9. The smallest absolute Gasteiger partial charge is 0.0738 e. The molecule has 96 valence electrons. The second kappa shape index (κ2) is 5.11. The molecule has 1 heterocycles. The Morgan fingerprint density at radius 2 is 2.18 bits per heavy atom. The van der Waals surface area contributed by atoms with Gasteiger partial charge in [0, 0.05) is 19.0 Å². The third-order valence-electron chi connectivity index (χ3n) is 3.92. The average Bonchev–Trinajstić information content (AvgIpc) is 3.11. The fraction of sp³-hybridized carbons (Fsp3) is 0.769. The SMILES string of the molecule is CCn1nc(C)c(Br)c1CC(N)C(C)C1CC1. The summed E-state index contributed by atoms with van der Waals surface area (Å²) < 4.78 is 3.21. The van der Waals surface area contributed by atoms with Crippen LogP contribution in [-0.4, -0.2) is 15.8 Å². The number of hydrogen-bond donors (Lipinski definition) is 1. The van der Waals surface area contributed by atoms with Crippen molar-refractivity contribution in [2.24, 2.45) is 17.6 Å². The Hall–Kier alpha value is -0.350. The summed E-state index contributed by atoms with van der Waals surface area (Å²) in [6.07, 6.45) is 3.65. The number of aryl methyl sites for hydroxylation is 2. The second-order valence-corrected chi connectivity index (χ2v) is 6.02. The monoisotopic (exact) mass is 299 g/mol. The highest BCUT2D eigenvalue weighted by molar-refractivity contribution is 9.10. The van der Waals surface area contributed by atoms with E-state index in [0.29, 0.717) is 5.92 Å². The lowest BCUT2D eigenvalue weighted by Crippen LogP contribution is -2.32. The summed E-state index contributed by atoms with van der Waals surface area (Å²) in [6.45, 7) is 7.36. The molecule has 0 aromatic carbocycles. The molecule has 1 saturated carbocycles.